The quantitative estimate of drug-likeness (QED) is 0.107. The Balaban J connectivity index is 1.21. The number of esters is 4. The van der Waals surface area contributed by atoms with E-state index in [1.165, 1.54) is 0 Å². The first-order valence-corrected chi connectivity index (χ1v) is 15.6. The maximum Gasteiger partial charge on any atom is 0.330 e. The highest BCUT2D eigenvalue weighted by Gasteiger charge is 2.33. The molecule has 0 amide bonds. The molecule has 10 nitrogen and oxygen atoms in total. The van der Waals surface area contributed by atoms with Crippen LogP contribution in [-0.4, -0.2) is 74.7 Å². The Labute approximate surface area is 249 Å². The van der Waals surface area contributed by atoms with Crippen molar-refractivity contribution in [1.82, 2.24) is 0 Å². The number of hydrogen-bond donors (Lipinski definition) is 0. The van der Waals surface area contributed by atoms with E-state index in [2.05, 4.69) is 13.2 Å². The Morgan fingerprint density at radius 3 is 1.17 bits per heavy atom. The topological polar surface area (TPSA) is 124 Å². The standard InChI is InChI=1S/C32H48O10/c1-3-29(33)39-21-5-19-37-25-11-7-23(8-12-25)31(35)41-27-15-17-28(18-16-27)42-32(36)24-9-13-26(14-10-24)38-20-6-22-40-30(34)4-2/h3-4,23-28H,1-2,5-22H2. The molecule has 0 atom stereocenters. The van der Waals surface area contributed by atoms with E-state index in [4.69, 9.17) is 28.4 Å². The summed E-state index contributed by atoms with van der Waals surface area (Å²) in [5.74, 6) is -1.29. The van der Waals surface area contributed by atoms with Gasteiger partial charge in [0.2, 0.25) is 0 Å². The zero-order valence-electron chi connectivity index (χ0n) is 24.8. The molecule has 236 valence electrons. The predicted octanol–water partition coefficient (Wildman–Crippen LogP) is 4.77. The van der Waals surface area contributed by atoms with Gasteiger partial charge in [-0.25, -0.2) is 9.59 Å². The summed E-state index contributed by atoms with van der Waals surface area (Å²) in [5.41, 5.74) is 0. The monoisotopic (exact) mass is 592 g/mol. The Bertz CT molecular complexity index is 806. The van der Waals surface area contributed by atoms with Crippen LogP contribution in [0.25, 0.3) is 0 Å². The van der Waals surface area contributed by atoms with Crippen molar-refractivity contribution in [2.45, 2.75) is 114 Å². The van der Waals surface area contributed by atoms with Crippen LogP contribution in [0.2, 0.25) is 0 Å². The van der Waals surface area contributed by atoms with Crippen molar-refractivity contribution < 1.29 is 47.6 Å². The second kappa shape index (κ2) is 18.7. The van der Waals surface area contributed by atoms with Crippen LogP contribution in [0.4, 0.5) is 0 Å². The van der Waals surface area contributed by atoms with Crippen LogP contribution in [0.1, 0.15) is 89.9 Å². The molecule has 0 bridgehead atoms. The molecule has 0 heterocycles. The van der Waals surface area contributed by atoms with Gasteiger partial charge in [-0.15, -0.1) is 0 Å². The summed E-state index contributed by atoms with van der Waals surface area (Å²) >= 11 is 0. The van der Waals surface area contributed by atoms with Gasteiger partial charge in [0.15, 0.2) is 0 Å². The lowest BCUT2D eigenvalue weighted by molar-refractivity contribution is -0.165. The van der Waals surface area contributed by atoms with E-state index in [0.29, 0.717) is 65.0 Å². The fraction of sp³-hybridized carbons (Fsp3) is 0.750. The Hall–Kier alpha value is -2.72. The van der Waals surface area contributed by atoms with Gasteiger partial charge in [-0.3, -0.25) is 9.59 Å². The maximum absolute atomic E-state index is 12.8. The van der Waals surface area contributed by atoms with E-state index >= 15 is 0 Å². The third-order valence-corrected chi connectivity index (χ3v) is 8.31. The molecule has 42 heavy (non-hydrogen) atoms. The van der Waals surface area contributed by atoms with Crippen molar-refractivity contribution in [2.75, 3.05) is 26.4 Å². The SMILES string of the molecule is C=CC(=O)OCCCOC1CCC(C(=O)OC2CCC(OC(=O)C3CCC(OCCCOC(=O)C=C)CC3)CC2)CC1. The lowest BCUT2D eigenvalue weighted by Gasteiger charge is -2.32. The normalized spacial score (nSPS) is 27.7. The van der Waals surface area contributed by atoms with Crippen LogP contribution in [0.15, 0.2) is 25.3 Å². The van der Waals surface area contributed by atoms with Crippen molar-refractivity contribution in [3.8, 4) is 0 Å². The van der Waals surface area contributed by atoms with Gasteiger partial charge in [-0.2, -0.15) is 0 Å². The Morgan fingerprint density at radius 2 is 0.833 bits per heavy atom. The van der Waals surface area contributed by atoms with Crippen molar-refractivity contribution in [3.63, 3.8) is 0 Å². The summed E-state index contributed by atoms with van der Waals surface area (Å²) in [6, 6.07) is 0. The second-order valence-electron chi connectivity index (χ2n) is 11.4. The van der Waals surface area contributed by atoms with Gasteiger partial charge < -0.3 is 28.4 Å². The average Bonchev–Trinajstić information content (AvgIpc) is 3.01. The molecule has 0 spiro atoms. The van der Waals surface area contributed by atoms with Crippen LogP contribution in [0, 0.1) is 11.8 Å². The van der Waals surface area contributed by atoms with E-state index in [1.807, 2.05) is 0 Å². The average molecular weight is 593 g/mol. The highest BCUT2D eigenvalue weighted by molar-refractivity contribution is 5.81. The van der Waals surface area contributed by atoms with Gasteiger partial charge in [-0.05, 0) is 77.0 Å². The molecule has 0 aromatic rings. The molecule has 0 radical (unpaired) electrons. The van der Waals surface area contributed by atoms with Gasteiger partial charge in [0.25, 0.3) is 0 Å². The first kappa shape index (κ1) is 33.8. The van der Waals surface area contributed by atoms with Crippen molar-refractivity contribution in [1.29, 1.82) is 0 Å². The number of carbonyl (C=O) groups excluding carboxylic acids is 4. The predicted molar refractivity (Wildman–Crippen MR) is 153 cm³/mol. The van der Waals surface area contributed by atoms with Crippen molar-refractivity contribution >= 4 is 23.9 Å². The molecule has 3 rings (SSSR count). The number of hydrogen-bond acceptors (Lipinski definition) is 10. The first-order chi connectivity index (χ1) is 20.4. The minimum atomic E-state index is -0.427. The fourth-order valence-corrected chi connectivity index (χ4v) is 5.80. The second-order valence-corrected chi connectivity index (χ2v) is 11.4. The molecule has 3 saturated carbocycles. The van der Waals surface area contributed by atoms with Crippen LogP contribution in [-0.2, 0) is 47.6 Å². The van der Waals surface area contributed by atoms with Crippen LogP contribution < -0.4 is 0 Å². The zero-order valence-corrected chi connectivity index (χ0v) is 24.8. The highest BCUT2D eigenvalue weighted by atomic mass is 16.6. The molecule has 0 unspecified atom stereocenters. The summed E-state index contributed by atoms with van der Waals surface area (Å²) in [6.07, 6.45) is 12.7. The molecule has 10 heteroatoms. The number of rotatable bonds is 16. The highest BCUT2D eigenvalue weighted by Crippen LogP contribution is 2.32. The molecular formula is C32H48O10. The number of carbonyl (C=O) groups is 4. The van der Waals surface area contributed by atoms with Crippen molar-refractivity contribution in [2.24, 2.45) is 11.8 Å². The first-order valence-electron chi connectivity index (χ1n) is 15.6. The molecule has 3 aliphatic carbocycles. The lowest BCUT2D eigenvalue weighted by atomic mass is 9.87. The largest absolute Gasteiger partial charge is 0.462 e. The van der Waals surface area contributed by atoms with E-state index in [0.717, 1.165) is 63.5 Å². The molecule has 0 N–H and O–H groups in total. The van der Waals surface area contributed by atoms with Crippen LogP contribution >= 0.6 is 0 Å². The fourth-order valence-electron chi connectivity index (χ4n) is 5.80. The van der Waals surface area contributed by atoms with Gasteiger partial charge in [0.1, 0.15) is 12.2 Å². The summed E-state index contributed by atoms with van der Waals surface area (Å²) in [6.45, 7) is 8.38. The molecular weight excluding hydrogens is 544 g/mol. The van der Waals surface area contributed by atoms with E-state index < -0.39 is 11.9 Å². The summed E-state index contributed by atoms with van der Waals surface area (Å²) in [5, 5.41) is 0. The Kier molecular flexibility index (Phi) is 15.1. The third-order valence-electron chi connectivity index (χ3n) is 8.31. The van der Waals surface area contributed by atoms with Gasteiger partial charge >= 0.3 is 23.9 Å². The summed E-state index contributed by atoms with van der Waals surface area (Å²) < 4.78 is 33.3. The summed E-state index contributed by atoms with van der Waals surface area (Å²) in [4.78, 5) is 47.6. The lowest BCUT2D eigenvalue weighted by Crippen LogP contribution is -2.35. The van der Waals surface area contributed by atoms with Crippen LogP contribution in [0.3, 0.4) is 0 Å². The minimum absolute atomic E-state index is 0.0946. The van der Waals surface area contributed by atoms with Gasteiger partial charge in [-0.1, -0.05) is 13.2 Å². The molecule has 0 aromatic heterocycles. The smallest absolute Gasteiger partial charge is 0.330 e. The van der Waals surface area contributed by atoms with Crippen LogP contribution in [0.5, 0.6) is 0 Å². The van der Waals surface area contributed by atoms with E-state index in [9.17, 15) is 19.2 Å². The van der Waals surface area contributed by atoms with E-state index in [1.54, 1.807) is 0 Å². The molecule has 0 saturated heterocycles. The molecule has 3 aliphatic rings. The molecule has 3 fully saturated rings. The van der Waals surface area contributed by atoms with Gasteiger partial charge in [0.05, 0.1) is 50.5 Å². The van der Waals surface area contributed by atoms with Crippen molar-refractivity contribution in [3.05, 3.63) is 25.3 Å². The maximum atomic E-state index is 12.8. The molecule has 0 aromatic carbocycles. The third kappa shape index (κ3) is 12.3. The zero-order chi connectivity index (χ0) is 30.2. The number of ether oxygens (including phenoxy) is 6. The van der Waals surface area contributed by atoms with Gasteiger partial charge in [0, 0.05) is 25.0 Å². The Morgan fingerprint density at radius 1 is 0.500 bits per heavy atom. The summed E-state index contributed by atoms with van der Waals surface area (Å²) in [7, 11) is 0. The van der Waals surface area contributed by atoms with E-state index in [-0.39, 0.29) is 48.2 Å². The molecule has 0 aliphatic heterocycles. The minimum Gasteiger partial charge on any atom is -0.462 e.